The molecule has 32 heavy (non-hydrogen) atoms. The Labute approximate surface area is 186 Å². The summed E-state index contributed by atoms with van der Waals surface area (Å²) in [5.74, 6) is 0.811. The Bertz CT molecular complexity index is 1070. The van der Waals surface area contributed by atoms with Crippen LogP contribution in [0.15, 0.2) is 42.5 Å². The summed E-state index contributed by atoms with van der Waals surface area (Å²) in [4.78, 5) is 26.8. The van der Waals surface area contributed by atoms with Gasteiger partial charge in [0.1, 0.15) is 11.3 Å². The number of carbonyl (C=O) groups excluding carboxylic acids is 2. The van der Waals surface area contributed by atoms with E-state index in [1.165, 1.54) is 6.42 Å². The molecule has 3 aromatic rings. The first kappa shape index (κ1) is 21.6. The minimum atomic E-state index is -0.298. The highest BCUT2D eigenvalue weighted by atomic mass is 16.5. The predicted molar refractivity (Wildman–Crippen MR) is 122 cm³/mol. The van der Waals surface area contributed by atoms with E-state index >= 15 is 0 Å². The molecule has 1 aliphatic heterocycles. The SMILES string of the molecule is CCOc1ccc(NC(=O)NCCn2nnc3cc(C(=O)N4CCCCC4)ccc32)cc1. The number of anilines is 1. The summed E-state index contributed by atoms with van der Waals surface area (Å²) in [5.41, 5.74) is 2.82. The largest absolute Gasteiger partial charge is 0.494 e. The zero-order valence-corrected chi connectivity index (χ0v) is 18.2. The van der Waals surface area contributed by atoms with Crippen molar-refractivity contribution in [1.82, 2.24) is 25.2 Å². The summed E-state index contributed by atoms with van der Waals surface area (Å²) in [7, 11) is 0. The minimum Gasteiger partial charge on any atom is -0.494 e. The lowest BCUT2D eigenvalue weighted by molar-refractivity contribution is 0.0724. The van der Waals surface area contributed by atoms with Crippen LogP contribution < -0.4 is 15.4 Å². The molecular formula is C23H28N6O3. The highest BCUT2D eigenvalue weighted by molar-refractivity contribution is 5.97. The van der Waals surface area contributed by atoms with E-state index in [4.69, 9.17) is 4.74 Å². The van der Waals surface area contributed by atoms with Crippen LogP contribution in [0.2, 0.25) is 0 Å². The van der Waals surface area contributed by atoms with Gasteiger partial charge in [-0.3, -0.25) is 4.79 Å². The summed E-state index contributed by atoms with van der Waals surface area (Å²) in [6.07, 6.45) is 3.30. The Kier molecular flexibility index (Phi) is 6.84. The molecule has 0 atom stereocenters. The van der Waals surface area contributed by atoms with Crippen LogP contribution in [0.5, 0.6) is 5.75 Å². The van der Waals surface area contributed by atoms with Crippen LogP contribution in [0.1, 0.15) is 36.5 Å². The van der Waals surface area contributed by atoms with E-state index in [1.54, 1.807) is 22.9 Å². The predicted octanol–water partition coefficient (Wildman–Crippen LogP) is 3.28. The fraction of sp³-hybridized carbons (Fsp3) is 0.391. The standard InChI is InChI=1S/C23H28N6O3/c1-2-32-19-9-7-18(8-10-19)25-23(31)24-12-15-29-21-11-6-17(16-20(21)26-27-29)22(30)28-13-4-3-5-14-28/h6-11,16H,2-5,12-15H2,1H3,(H2,24,25,31). The van der Waals surface area contributed by atoms with Crippen LogP contribution in [0.4, 0.5) is 10.5 Å². The van der Waals surface area contributed by atoms with E-state index in [2.05, 4.69) is 20.9 Å². The summed E-state index contributed by atoms with van der Waals surface area (Å²) in [5, 5.41) is 14.0. The first-order chi connectivity index (χ1) is 15.6. The maximum absolute atomic E-state index is 12.7. The third-order valence-electron chi connectivity index (χ3n) is 5.44. The number of piperidine rings is 1. The molecule has 3 amide bonds. The van der Waals surface area contributed by atoms with Crippen molar-refractivity contribution in [3.05, 3.63) is 48.0 Å². The molecule has 2 N–H and O–H groups in total. The number of nitrogens with one attached hydrogen (secondary N) is 2. The Morgan fingerprint density at radius 3 is 2.59 bits per heavy atom. The molecule has 0 aliphatic carbocycles. The average molecular weight is 437 g/mol. The summed E-state index contributed by atoms with van der Waals surface area (Å²) >= 11 is 0. The maximum Gasteiger partial charge on any atom is 0.319 e. The fourth-order valence-corrected chi connectivity index (χ4v) is 3.80. The Morgan fingerprint density at radius 1 is 1.06 bits per heavy atom. The molecule has 0 radical (unpaired) electrons. The van der Waals surface area contributed by atoms with Gasteiger partial charge in [-0.2, -0.15) is 0 Å². The molecule has 1 aromatic heterocycles. The number of urea groups is 1. The molecule has 2 heterocycles. The van der Waals surface area contributed by atoms with Crippen LogP contribution in [0.25, 0.3) is 11.0 Å². The molecule has 0 spiro atoms. The first-order valence-corrected chi connectivity index (χ1v) is 11.0. The van der Waals surface area contributed by atoms with Gasteiger partial charge in [-0.1, -0.05) is 5.21 Å². The fourth-order valence-electron chi connectivity index (χ4n) is 3.80. The Balaban J connectivity index is 1.30. The Morgan fingerprint density at radius 2 is 1.84 bits per heavy atom. The molecule has 168 valence electrons. The molecule has 0 unspecified atom stereocenters. The minimum absolute atomic E-state index is 0.0498. The van der Waals surface area contributed by atoms with Gasteiger partial charge in [0, 0.05) is 30.9 Å². The first-order valence-electron chi connectivity index (χ1n) is 11.0. The highest BCUT2D eigenvalue weighted by Crippen LogP contribution is 2.18. The molecule has 9 nitrogen and oxygen atoms in total. The molecule has 4 rings (SSSR count). The van der Waals surface area contributed by atoms with Gasteiger partial charge in [0.05, 0.1) is 18.7 Å². The molecule has 1 aliphatic rings. The number of hydrogen-bond acceptors (Lipinski definition) is 5. The number of benzene rings is 2. The van der Waals surface area contributed by atoms with E-state index in [0.29, 0.717) is 36.5 Å². The van der Waals surface area contributed by atoms with Crippen LogP contribution in [-0.4, -0.2) is 58.1 Å². The monoisotopic (exact) mass is 436 g/mol. The average Bonchev–Trinajstić information content (AvgIpc) is 3.23. The smallest absolute Gasteiger partial charge is 0.319 e. The molecule has 2 aromatic carbocycles. The number of nitrogens with zero attached hydrogens (tertiary/aromatic N) is 4. The summed E-state index contributed by atoms with van der Waals surface area (Å²) in [6, 6.07) is 12.4. The summed E-state index contributed by atoms with van der Waals surface area (Å²) in [6.45, 7) is 5.00. The molecule has 1 fully saturated rings. The zero-order chi connectivity index (χ0) is 22.3. The topological polar surface area (TPSA) is 101 Å². The maximum atomic E-state index is 12.7. The number of amides is 3. The number of likely N-dealkylation sites (tertiary alicyclic amines) is 1. The number of fused-ring (bicyclic) bond motifs is 1. The molecule has 1 saturated heterocycles. The van der Waals surface area contributed by atoms with Crippen LogP contribution in [0, 0.1) is 0 Å². The molecule has 0 saturated carbocycles. The van der Waals surface area contributed by atoms with E-state index in [9.17, 15) is 9.59 Å². The molecular weight excluding hydrogens is 408 g/mol. The quantitative estimate of drug-likeness (QED) is 0.592. The van der Waals surface area contributed by atoms with Gasteiger partial charge in [0.2, 0.25) is 0 Å². The van der Waals surface area contributed by atoms with Gasteiger partial charge in [-0.25, -0.2) is 9.48 Å². The van der Waals surface area contributed by atoms with Crippen molar-refractivity contribution in [3.8, 4) is 5.75 Å². The van der Waals surface area contributed by atoms with Crippen LogP contribution in [0.3, 0.4) is 0 Å². The Hall–Kier alpha value is -3.62. The van der Waals surface area contributed by atoms with Gasteiger partial charge < -0.3 is 20.3 Å². The van der Waals surface area contributed by atoms with E-state index in [0.717, 1.165) is 37.2 Å². The van der Waals surface area contributed by atoms with E-state index < -0.39 is 0 Å². The number of ether oxygens (including phenoxy) is 1. The second-order valence-corrected chi connectivity index (χ2v) is 7.71. The van der Waals surface area contributed by atoms with Crippen molar-refractivity contribution in [2.45, 2.75) is 32.7 Å². The van der Waals surface area contributed by atoms with Gasteiger partial charge in [0.25, 0.3) is 5.91 Å². The third-order valence-corrected chi connectivity index (χ3v) is 5.44. The number of hydrogen-bond donors (Lipinski definition) is 2. The lowest BCUT2D eigenvalue weighted by atomic mass is 10.1. The second kappa shape index (κ2) is 10.1. The lowest BCUT2D eigenvalue weighted by Crippen LogP contribution is -2.35. The van der Waals surface area contributed by atoms with Crippen molar-refractivity contribution >= 4 is 28.7 Å². The van der Waals surface area contributed by atoms with E-state index in [-0.39, 0.29) is 11.9 Å². The van der Waals surface area contributed by atoms with Crippen LogP contribution in [-0.2, 0) is 6.54 Å². The number of aromatic nitrogens is 3. The normalized spacial score (nSPS) is 13.7. The lowest BCUT2D eigenvalue weighted by Gasteiger charge is -2.26. The van der Waals surface area contributed by atoms with Crippen molar-refractivity contribution < 1.29 is 14.3 Å². The van der Waals surface area contributed by atoms with Gasteiger partial charge in [-0.05, 0) is 68.7 Å². The van der Waals surface area contributed by atoms with Gasteiger partial charge in [0.15, 0.2) is 0 Å². The third kappa shape index (κ3) is 5.16. The van der Waals surface area contributed by atoms with Crippen molar-refractivity contribution in [1.29, 1.82) is 0 Å². The van der Waals surface area contributed by atoms with Gasteiger partial charge in [-0.15, -0.1) is 5.10 Å². The van der Waals surface area contributed by atoms with Crippen molar-refractivity contribution in [2.24, 2.45) is 0 Å². The van der Waals surface area contributed by atoms with Crippen molar-refractivity contribution in [2.75, 3.05) is 31.6 Å². The van der Waals surface area contributed by atoms with E-state index in [1.807, 2.05) is 36.1 Å². The van der Waals surface area contributed by atoms with Crippen LogP contribution >= 0.6 is 0 Å². The molecule has 9 heteroatoms. The van der Waals surface area contributed by atoms with Crippen molar-refractivity contribution in [3.63, 3.8) is 0 Å². The number of rotatable bonds is 7. The summed E-state index contributed by atoms with van der Waals surface area (Å²) < 4.78 is 7.12. The highest BCUT2D eigenvalue weighted by Gasteiger charge is 2.19. The second-order valence-electron chi connectivity index (χ2n) is 7.71. The molecule has 0 bridgehead atoms. The van der Waals surface area contributed by atoms with Gasteiger partial charge >= 0.3 is 6.03 Å². The number of carbonyl (C=O) groups is 2. The zero-order valence-electron chi connectivity index (χ0n) is 18.2.